The van der Waals surface area contributed by atoms with Gasteiger partial charge in [-0.15, -0.1) is 11.3 Å². The van der Waals surface area contributed by atoms with Crippen LogP contribution >= 0.6 is 11.3 Å². The predicted octanol–water partition coefficient (Wildman–Crippen LogP) is 4.93. The van der Waals surface area contributed by atoms with Crippen molar-refractivity contribution in [2.24, 2.45) is 5.10 Å². The van der Waals surface area contributed by atoms with Gasteiger partial charge in [-0.25, -0.2) is 4.98 Å². The molecule has 0 saturated heterocycles. The summed E-state index contributed by atoms with van der Waals surface area (Å²) in [6.45, 7) is 6.25. The highest BCUT2D eigenvalue weighted by Gasteiger charge is 2.20. The Hall–Kier alpha value is -2.99. The third-order valence-corrected chi connectivity index (χ3v) is 7.14. The molecule has 0 saturated carbocycles. The fourth-order valence-corrected chi connectivity index (χ4v) is 5.57. The maximum Gasteiger partial charge on any atom is 0.282 e. The van der Waals surface area contributed by atoms with Gasteiger partial charge in [0.1, 0.15) is 11.2 Å². The molecule has 0 amide bonds. The van der Waals surface area contributed by atoms with E-state index in [-0.39, 0.29) is 5.56 Å². The first-order valence-electron chi connectivity index (χ1n) is 10.3. The molecule has 0 radical (unpaired) electrons. The molecule has 0 spiro atoms. The molecule has 3 heterocycles. The van der Waals surface area contributed by atoms with E-state index in [0.29, 0.717) is 0 Å². The second-order valence-electron chi connectivity index (χ2n) is 8.03. The van der Waals surface area contributed by atoms with E-state index in [2.05, 4.69) is 65.8 Å². The third kappa shape index (κ3) is 3.12. The first-order valence-corrected chi connectivity index (χ1v) is 11.2. The number of nitrogens with zero attached hydrogens (tertiary/aromatic N) is 4. The van der Waals surface area contributed by atoms with Crippen molar-refractivity contribution in [1.29, 1.82) is 0 Å². The molecule has 6 heteroatoms. The number of hydrogen-bond acceptors (Lipinski definition) is 4. The Morgan fingerprint density at radius 2 is 1.87 bits per heavy atom. The van der Waals surface area contributed by atoms with Crippen LogP contribution in [0.3, 0.4) is 0 Å². The number of rotatable bonds is 3. The summed E-state index contributed by atoms with van der Waals surface area (Å²) >= 11 is 1.66. The fourth-order valence-electron chi connectivity index (χ4n) is 4.35. The molecule has 0 aliphatic heterocycles. The van der Waals surface area contributed by atoms with Crippen molar-refractivity contribution >= 4 is 27.8 Å². The van der Waals surface area contributed by atoms with E-state index in [1.165, 1.54) is 27.1 Å². The summed E-state index contributed by atoms with van der Waals surface area (Å²) in [7, 11) is 0. The quantitative estimate of drug-likeness (QED) is 0.445. The van der Waals surface area contributed by atoms with Gasteiger partial charge in [-0.05, 0) is 70.2 Å². The first-order chi connectivity index (χ1) is 14.5. The molecule has 152 valence electrons. The molecule has 0 unspecified atom stereocenters. The SMILES string of the molecule is Cc1ccc(-n2c(C)cc(/C=N\n3cnc4sc5c(c4c3=O)CCCC5)c2C)cc1. The second kappa shape index (κ2) is 7.36. The normalized spacial score (nSPS) is 14.0. The van der Waals surface area contributed by atoms with Crippen LogP contribution < -0.4 is 5.56 Å². The Kier molecular flexibility index (Phi) is 4.66. The van der Waals surface area contributed by atoms with Gasteiger partial charge in [0.15, 0.2) is 0 Å². The van der Waals surface area contributed by atoms with Gasteiger partial charge in [0.25, 0.3) is 5.56 Å². The minimum absolute atomic E-state index is 0.0667. The summed E-state index contributed by atoms with van der Waals surface area (Å²) in [6.07, 6.45) is 7.68. The van der Waals surface area contributed by atoms with E-state index in [0.717, 1.165) is 52.1 Å². The monoisotopic (exact) mass is 416 g/mol. The Bertz CT molecular complexity index is 1340. The second-order valence-corrected chi connectivity index (χ2v) is 9.11. The van der Waals surface area contributed by atoms with Gasteiger partial charge >= 0.3 is 0 Å². The van der Waals surface area contributed by atoms with Crippen LogP contribution in [0, 0.1) is 20.8 Å². The summed E-state index contributed by atoms with van der Waals surface area (Å²) in [6, 6.07) is 10.6. The number of hydrogen-bond donors (Lipinski definition) is 0. The lowest BCUT2D eigenvalue weighted by Crippen LogP contribution is -2.18. The van der Waals surface area contributed by atoms with Crippen LogP contribution in [0.4, 0.5) is 0 Å². The zero-order chi connectivity index (χ0) is 20.8. The van der Waals surface area contributed by atoms with Crippen molar-refractivity contribution in [1.82, 2.24) is 14.2 Å². The molecule has 0 fully saturated rings. The van der Waals surface area contributed by atoms with E-state index < -0.39 is 0 Å². The van der Waals surface area contributed by atoms with Crippen molar-refractivity contribution in [2.45, 2.75) is 46.5 Å². The molecular formula is C24H24N4OS. The van der Waals surface area contributed by atoms with Crippen LogP contribution in [0.5, 0.6) is 0 Å². The average molecular weight is 417 g/mol. The van der Waals surface area contributed by atoms with Crippen LogP contribution in [0.2, 0.25) is 0 Å². The highest BCUT2D eigenvalue weighted by Crippen LogP contribution is 2.33. The standard InChI is InChI=1S/C24H24N4OS/c1-15-8-10-19(11-9-15)28-16(2)12-18(17(28)3)13-26-27-14-25-23-22(24(27)29)20-6-4-5-7-21(20)30-23/h8-14H,4-7H2,1-3H3/b26-13-. The summed E-state index contributed by atoms with van der Waals surface area (Å²) < 4.78 is 3.59. The molecule has 1 aliphatic carbocycles. The van der Waals surface area contributed by atoms with Crippen LogP contribution in [0.15, 0.2) is 46.6 Å². The Morgan fingerprint density at radius 1 is 1.10 bits per heavy atom. The van der Waals surface area contributed by atoms with Crippen LogP contribution in [-0.4, -0.2) is 20.4 Å². The summed E-state index contributed by atoms with van der Waals surface area (Å²) in [5.41, 5.74) is 6.71. The zero-order valence-electron chi connectivity index (χ0n) is 17.5. The van der Waals surface area contributed by atoms with Crippen LogP contribution in [0.1, 0.15) is 45.8 Å². The van der Waals surface area contributed by atoms with Gasteiger partial charge in [-0.3, -0.25) is 4.79 Å². The molecule has 1 aromatic carbocycles. The molecule has 5 rings (SSSR count). The average Bonchev–Trinajstić information content (AvgIpc) is 3.25. The number of thiophene rings is 1. The van der Waals surface area contributed by atoms with Gasteiger partial charge in [-0.1, -0.05) is 17.7 Å². The van der Waals surface area contributed by atoms with Gasteiger partial charge in [0.2, 0.25) is 0 Å². The van der Waals surface area contributed by atoms with Gasteiger partial charge in [-0.2, -0.15) is 9.78 Å². The van der Waals surface area contributed by atoms with Gasteiger partial charge in [0, 0.05) is 27.5 Å². The van der Waals surface area contributed by atoms with Crippen molar-refractivity contribution in [3.8, 4) is 5.69 Å². The van der Waals surface area contributed by atoms with E-state index in [4.69, 9.17) is 0 Å². The smallest absolute Gasteiger partial charge is 0.282 e. The summed E-state index contributed by atoms with van der Waals surface area (Å²) in [4.78, 5) is 19.8. The molecule has 4 aromatic rings. The number of aromatic nitrogens is 3. The van der Waals surface area contributed by atoms with Gasteiger partial charge in [0.05, 0.1) is 11.6 Å². The molecule has 0 atom stereocenters. The molecular weight excluding hydrogens is 392 g/mol. The minimum Gasteiger partial charge on any atom is -0.318 e. The Balaban J connectivity index is 1.54. The van der Waals surface area contributed by atoms with E-state index >= 15 is 0 Å². The summed E-state index contributed by atoms with van der Waals surface area (Å²) in [5.74, 6) is 0. The van der Waals surface area contributed by atoms with E-state index in [1.807, 2.05) is 0 Å². The molecule has 1 aliphatic rings. The fraction of sp³-hybridized carbons (Fsp3) is 0.292. The van der Waals surface area contributed by atoms with Crippen molar-refractivity contribution < 1.29 is 0 Å². The van der Waals surface area contributed by atoms with Crippen LogP contribution in [0.25, 0.3) is 15.9 Å². The lowest BCUT2D eigenvalue weighted by atomic mass is 9.97. The van der Waals surface area contributed by atoms with E-state index in [1.54, 1.807) is 23.9 Å². The maximum absolute atomic E-state index is 13.1. The molecule has 0 N–H and O–H groups in total. The lowest BCUT2D eigenvalue weighted by Gasteiger charge is -2.10. The lowest BCUT2D eigenvalue weighted by molar-refractivity contribution is 0.699. The van der Waals surface area contributed by atoms with Gasteiger partial charge < -0.3 is 4.57 Å². The molecule has 0 bridgehead atoms. The van der Waals surface area contributed by atoms with Crippen LogP contribution in [-0.2, 0) is 12.8 Å². The molecule has 5 nitrogen and oxygen atoms in total. The summed E-state index contributed by atoms with van der Waals surface area (Å²) in [5, 5.41) is 5.25. The zero-order valence-corrected chi connectivity index (χ0v) is 18.3. The number of fused-ring (bicyclic) bond motifs is 3. The van der Waals surface area contributed by atoms with Crippen molar-refractivity contribution in [3.05, 3.63) is 80.0 Å². The number of benzene rings is 1. The minimum atomic E-state index is -0.0667. The molecule has 3 aromatic heterocycles. The van der Waals surface area contributed by atoms with E-state index in [9.17, 15) is 4.79 Å². The highest BCUT2D eigenvalue weighted by molar-refractivity contribution is 7.18. The third-order valence-electron chi connectivity index (χ3n) is 5.94. The van der Waals surface area contributed by atoms with Crippen molar-refractivity contribution in [3.63, 3.8) is 0 Å². The maximum atomic E-state index is 13.1. The Morgan fingerprint density at radius 3 is 2.67 bits per heavy atom. The Labute approximate surface area is 179 Å². The topological polar surface area (TPSA) is 52.2 Å². The first kappa shape index (κ1) is 19.0. The van der Waals surface area contributed by atoms with Crippen molar-refractivity contribution in [2.75, 3.05) is 0 Å². The molecule has 30 heavy (non-hydrogen) atoms. The number of aryl methyl sites for hydroxylation is 4. The largest absolute Gasteiger partial charge is 0.318 e. The highest BCUT2D eigenvalue weighted by atomic mass is 32.1. The predicted molar refractivity (Wildman–Crippen MR) is 123 cm³/mol.